The van der Waals surface area contributed by atoms with Crippen LogP contribution in [0.15, 0.2) is 45.7 Å². The van der Waals surface area contributed by atoms with E-state index in [0.29, 0.717) is 5.89 Å². The van der Waals surface area contributed by atoms with Crippen LogP contribution in [0.1, 0.15) is 0 Å². The number of fused-ring (bicyclic) bond motifs is 1. The van der Waals surface area contributed by atoms with E-state index in [2.05, 4.69) is 31.1 Å². The second-order valence-corrected chi connectivity index (χ2v) is 4.22. The zero-order valence-corrected chi connectivity index (χ0v) is 9.68. The first-order valence-electron chi connectivity index (χ1n) is 4.65. The SMILES string of the molecule is Brc1cnc2ccc(-c3nnco3)cc2c1. The maximum atomic E-state index is 5.14. The summed E-state index contributed by atoms with van der Waals surface area (Å²) < 4.78 is 6.09. The zero-order valence-electron chi connectivity index (χ0n) is 8.09. The highest BCUT2D eigenvalue weighted by Gasteiger charge is 2.04. The first-order valence-corrected chi connectivity index (χ1v) is 5.44. The highest BCUT2D eigenvalue weighted by molar-refractivity contribution is 9.10. The summed E-state index contributed by atoms with van der Waals surface area (Å²) in [6, 6.07) is 7.82. The van der Waals surface area contributed by atoms with Gasteiger partial charge in [0.15, 0.2) is 0 Å². The third kappa shape index (κ3) is 1.59. The molecule has 0 spiro atoms. The van der Waals surface area contributed by atoms with Crippen LogP contribution in [0.3, 0.4) is 0 Å². The molecule has 5 heteroatoms. The third-order valence-electron chi connectivity index (χ3n) is 2.25. The Labute approximate surface area is 99.5 Å². The van der Waals surface area contributed by atoms with Gasteiger partial charge in [-0.2, -0.15) is 0 Å². The molecule has 0 aliphatic carbocycles. The molecule has 0 radical (unpaired) electrons. The summed E-state index contributed by atoms with van der Waals surface area (Å²) >= 11 is 3.39. The molecule has 3 aromatic rings. The summed E-state index contributed by atoms with van der Waals surface area (Å²) in [5, 5.41) is 8.55. The predicted molar refractivity (Wildman–Crippen MR) is 62.7 cm³/mol. The molecule has 0 aliphatic heterocycles. The first-order chi connectivity index (χ1) is 7.83. The van der Waals surface area contributed by atoms with Crippen LogP contribution in [0.25, 0.3) is 22.4 Å². The van der Waals surface area contributed by atoms with Gasteiger partial charge in [-0.1, -0.05) is 0 Å². The summed E-state index contributed by atoms with van der Waals surface area (Å²) in [4.78, 5) is 4.29. The van der Waals surface area contributed by atoms with Crippen molar-refractivity contribution in [2.24, 2.45) is 0 Å². The Morgan fingerprint density at radius 2 is 2.12 bits per heavy atom. The second kappa shape index (κ2) is 3.68. The van der Waals surface area contributed by atoms with Crippen LogP contribution in [0.5, 0.6) is 0 Å². The monoisotopic (exact) mass is 275 g/mol. The molecule has 0 saturated carbocycles. The van der Waals surface area contributed by atoms with Crippen molar-refractivity contribution in [1.82, 2.24) is 15.2 Å². The van der Waals surface area contributed by atoms with Gasteiger partial charge in [-0.05, 0) is 40.2 Å². The van der Waals surface area contributed by atoms with E-state index in [9.17, 15) is 0 Å². The third-order valence-corrected chi connectivity index (χ3v) is 2.69. The summed E-state index contributed by atoms with van der Waals surface area (Å²) in [7, 11) is 0. The van der Waals surface area contributed by atoms with E-state index >= 15 is 0 Å². The van der Waals surface area contributed by atoms with Crippen molar-refractivity contribution in [1.29, 1.82) is 0 Å². The fourth-order valence-corrected chi connectivity index (χ4v) is 1.89. The molecule has 0 fully saturated rings. The molecule has 0 unspecified atom stereocenters. The van der Waals surface area contributed by atoms with Crippen molar-refractivity contribution in [2.45, 2.75) is 0 Å². The maximum absolute atomic E-state index is 5.14. The molecule has 0 saturated heterocycles. The Hall–Kier alpha value is -1.75. The molecule has 3 rings (SSSR count). The van der Waals surface area contributed by atoms with Crippen LogP contribution in [-0.4, -0.2) is 15.2 Å². The lowest BCUT2D eigenvalue weighted by molar-refractivity contribution is 0.569. The van der Waals surface area contributed by atoms with Gasteiger partial charge < -0.3 is 4.42 Å². The summed E-state index contributed by atoms with van der Waals surface area (Å²) in [5.41, 5.74) is 1.83. The van der Waals surface area contributed by atoms with Crippen molar-refractivity contribution in [2.75, 3.05) is 0 Å². The summed E-state index contributed by atoms with van der Waals surface area (Å²) in [5.74, 6) is 0.516. The van der Waals surface area contributed by atoms with Crippen LogP contribution in [0, 0.1) is 0 Å². The number of benzene rings is 1. The molecule has 1 aromatic carbocycles. The second-order valence-electron chi connectivity index (χ2n) is 3.30. The molecule has 78 valence electrons. The lowest BCUT2D eigenvalue weighted by Gasteiger charge is -1.99. The smallest absolute Gasteiger partial charge is 0.247 e. The van der Waals surface area contributed by atoms with Crippen molar-refractivity contribution >= 4 is 26.8 Å². The highest BCUT2D eigenvalue weighted by atomic mass is 79.9. The molecule has 0 N–H and O–H groups in total. The summed E-state index contributed by atoms with van der Waals surface area (Å²) in [6.45, 7) is 0. The van der Waals surface area contributed by atoms with Gasteiger partial charge in [-0.3, -0.25) is 4.98 Å². The van der Waals surface area contributed by atoms with Crippen molar-refractivity contribution in [3.63, 3.8) is 0 Å². The quantitative estimate of drug-likeness (QED) is 0.685. The Balaban J connectivity index is 2.22. The lowest BCUT2D eigenvalue weighted by atomic mass is 10.1. The van der Waals surface area contributed by atoms with Crippen LogP contribution in [-0.2, 0) is 0 Å². The molecule has 0 bridgehead atoms. The Morgan fingerprint density at radius 1 is 1.19 bits per heavy atom. The van der Waals surface area contributed by atoms with Gasteiger partial charge in [0.05, 0.1) is 5.52 Å². The number of rotatable bonds is 1. The molecular weight excluding hydrogens is 270 g/mol. The fourth-order valence-electron chi connectivity index (χ4n) is 1.54. The van der Waals surface area contributed by atoms with E-state index in [0.717, 1.165) is 20.9 Å². The molecule has 2 aromatic heterocycles. The van der Waals surface area contributed by atoms with Gasteiger partial charge >= 0.3 is 0 Å². The largest absolute Gasteiger partial charge is 0.423 e. The molecule has 2 heterocycles. The van der Waals surface area contributed by atoms with E-state index in [1.165, 1.54) is 6.39 Å². The van der Waals surface area contributed by atoms with Crippen LogP contribution in [0.2, 0.25) is 0 Å². The number of hydrogen-bond donors (Lipinski definition) is 0. The number of nitrogens with zero attached hydrogens (tertiary/aromatic N) is 3. The number of pyridine rings is 1. The van der Waals surface area contributed by atoms with Crippen molar-refractivity contribution < 1.29 is 4.42 Å². The molecule has 0 aliphatic rings. The molecule has 4 nitrogen and oxygen atoms in total. The van der Waals surface area contributed by atoms with Crippen LogP contribution >= 0.6 is 15.9 Å². The lowest BCUT2D eigenvalue weighted by Crippen LogP contribution is -1.82. The van der Waals surface area contributed by atoms with Crippen LogP contribution in [0.4, 0.5) is 0 Å². The van der Waals surface area contributed by atoms with Gasteiger partial charge in [-0.25, -0.2) is 0 Å². The normalized spacial score (nSPS) is 10.8. The van der Waals surface area contributed by atoms with Gasteiger partial charge in [0.1, 0.15) is 0 Å². The Kier molecular flexibility index (Phi) is 2.18. The fraction of sp³-hybridized carbons (Fsp3) is 0. The Bertz CT molecular complexity index is 637. The molecule has 0 amide bonds. The van der Waals surface area contributed by atoms with E-state index in [1.54, 1.807) is 6.20 Å². The molecule has 0 atom stereocenters. The highest BCUT2D eigenvalue weighted by Crippen LogP contribution is 2.23. The predicted octanol–water partition coefficient (Wildman–Crippen LogP) is 3.05. The minimum absolute atomic E-state index is 0.516. The Morgan fingerprint density at radius 3 is 2.94 bits per heavy atom. The van der Waals surface area contributed by atoms with Gasteiger partial charge in [0, 0.05) is 21.6 Å². The minimum atomic E-state index is 0.516. The summed E-state index contributed by atoms with van der Waals surface area (Å²) in [6.07, 6.45) is 3.09. The van der Waals surface area contributed by atoms with Crippen molar-refractivity contribution in [3.05, 3.63) is 41.3 Å². The van der Waals surface area contributed by atoms with Gasteiger partial charge in [-0.15, -0.1) is 10.2 Å². The van der Waals surface area contributed by atoms with Crippen LogP contribution < -0.4 is 0 Å². The maximum Gasteiger partial charge on any atom is 0.247 e. The van der Waals surface area contributed by atoms with Gasteiger partial charge in [0.25, 0.3) is 0 Å². The van der Waals surface area contributed by atoms with E-state index in [-0.39, 0.29) is 0 Å². The standard InChI is InChI=1S/C11H6BrN3O/c12-9-4-8-3-7(11-15-14-6-16-11)1-2-10(8)13-5-9/h1-6H. The van der Waals surface area contributed by atoms with E-state index < -0.39 is 0 Å². The number of hydrogen-bond acceptors (Lipinski definition) is 4. The van der Waals surface area contributed by atoms with Gasteiger partial charge in [0.2, 0.25) is 12.3 Å². The average Bonchev–Trinajstić information content (AvgIpc) is 2.81. The zero-order chi connectivity index (χ0) is 11.0. The average molecular weight is 276 g/mol. The molecular formula is C11H6BrN3O. The van der Waals surface area contributed by atoms with E-state index in [1.807, 2.05) is 24.3 Å². The number of halogens is 1. The minimum Gasteiger partial charge on any atom is -0.423 e. The first kappa shape index (κ1) is 9.47. The van der Waals surface area contributed by atoms with Crippen molar-refractivity contribution in [3.8, 4) is 11.5 Å². The van der Waals surface area contributed by atoms with E-state index in [4.69, 9.17) is 4.42 Å². The topological polar surface area (TPSA) is 51.8 Å². The molecule has 16 heavy (non-hydrogen) atoms. The number of aromatic nitrogens is 3.